The highest BCUT2D eigenvalue weighted by Gasteiger charge is 2.23. The summed E-state index contributed by atoms with van der Waals surface area (Å²) in [6, 6.07) is 9.34. The summed E-state index contributed by atoms with van der Waals surface area (Å²) < 4.78 is 0. The number of benzene rings is 1. The maximum Gasteiger partial charge on any atom is 0.0426 e. The van der Waals surface area contributed by atoms with Gasteiger partial charge in [-0.05, 0) is 56.7 Å². The number of likely N-dealkylation sites (N-methyl/N-ethyl adjacent to an activating group) is 1. The standard InChI is InChI=1S/C17H28N2/c1-13-8-10-15(11-9-13)19(3)12-17(18)16-7-5-4-6-14(16)2/h4-7,13,15,17H,8-12,18H2,1-3H3. The Balaban J connectivity index is 1.91. The molecule has 1 unspecified atom stereocenters. The summed E-state index contributed by atoms with van der Waals surface area (Å²) in [6.45, 7) is 5.48. The number of rotatable bonds is 4. The Bertz CT molecular complexity index is 394. The Morgan fingerprint density at radius 2 is 1.84 bits per heavy atom. The van der Waals surface area contributed by atoms with Crippen LogP contribution in [-0.4, -0.2) is 24.5 Å². The second kappa shape index (κ2) is 6.53. The van der Waals surface area contributed by atoms with Crippen molar-refractivity contribution in [1.29, 1.82) is 0 Å². The largest absolute Gasteiger partial charge is 0.323 e. The molecule has 1 aromatic rings. The minimum atomic E-state index is 0.130. The van der Waals surface area contributed by atoms with Crippen molar-refractivity contribution in [1.82, 2.24) is 4.90 Å². The minimum Gasteiger partial charge on any atom is -0.323 e. The van der Waals surface area contributed by atoms with Crippen molar-refractivity contribution in [2.24, 2.45) is 11.7 Å². The van der Waals surface area contributed by atoms with Crippen molar-refractivity contribution in [3.05, 3.63) is 35.4 Å². The first-order chi connectivity index (χ1) is 9.08. The van der Waals surface area contributed by atoms with Crippen LogP contribution in [0.3, 0.4) is 0 Å². The highest BCUT2D eigenvalue weighted by molar-refractivity contribution is 5.28. The third-order valence-corrected chi connectivity index (χ3v) is 4.68. The molecule has 2 heteroatoms. The second-order valence-electron chi connectivity index (χ2n) is 6.32. The van der Waals surface area contributed by atoms with Crippen LogP contribution < -0.4 is 5.73 Å². The van der Waals surface area contributed by atoms with Gasteiger partial charge in [-0.2, -0.15) is 0 Å². The predicted molar refractivity (Wildman–Crippen MR) is 82.2 cm³/mol. The maximum atomic E-state index is 6.39. The van der Waals surface area contributed by atoms with Crippen molar-refractivity contribution in [2.75, 3.05) is 13.6 Å². The maximum absolute atomic E-state index is 6.39. The average Bonchev–Trinajstić information content (AvgIpc) is 2.39. The first kappa shape index (κ1) is 14.5. The van der Waals surface area contributed by atoms with Gasteiger partial charge in [0.1, 0.15) is 0 Å². The van der Waals surface area contributed by atoms with E-state index in [0.717, 1.165) is 18.5 Å². The molecule has 2 N–H and O–H groups in total. The normalized spacial score (nSPS) is 25.5. The highest BCUT2D eigenvalue weighted by atomic mass is 15.1. The Morgan fingerprint density at radius 1 is 1.21 bits per heavy atom. The summed E-state index contributed by atoms with van der Waals surface area (Å²) in [5, 5.41) is 0. The summed E-state index contributed by atoms with van der Waals surface area (Å²) in [4.78, 5) is 2.48. The molecule has 0 bridgehead atoms. The molecule has 0 saturated heterocycles. The van der Waals surface area contributed by atoms with Gasteiger partial charge in [0.05, 0.1) is 0 Å². The van der Waals surface area contributed by atoms with E-state index in [9.17, 15) is 0 Å². The van der Waals surface area contributed by atoms with Gasteiger partial charge in [0.25, 0.3) is 0 Å². The van der Waals surface area contributed by atoms with Crippen LogP contribution in [0.4, 0.5) is 0 Å². The van der Waals surface area contributed by atoms with Crippen LogP contribution in [0.15, 0.2) is 24.3 Å². The highest BCUT2D eigenvalue weighted by Crippen LogP contribution is 2.27. The molecular formula is C17H28N2. The Kier molecular flexibility index (Phi) is 5.00. The predicted octanol–water partition coefficient (Wildman–Crippen LogP) is 3.51. The zero-order valence-electron chi connectivity index (χ0n) is 12.6. The van der Waals surface area contributed by atoms with Gasteiger partial charge in [-0.25, -0.2) is 0 Å². The Morgan fingerprint density at radius 3 is 2.47 bits per heavy atom. The molecule has 0 heterocycles. The van der Waals surface area contributed by atoms with Gasteiger partial charge >= 0.3 is 0 Å². The van der Waals surface area contributed by atoms with Crippen molar-refractivity contribution >= 4 is 0 Å². The van der Waals surface area contributed by atoms with Crippen molar-refractivity contribution in [2.45, 2.75) is 51.6 Å². The number of aryl methyl sites for hydroxylation is 1. The van der Waals surface area contributed by atoms with E-state index in [1.165, 1.54) is 36.8 Å². The summed E-state index contributed by atoms with van der Waals surface area (Å²) in [6.07, 6.45) is 5.40. The zero-order chi connectivity index (χ0) is 13.8. The van der Waals surface area contributed by atoms with E-state index >= 15 is 0 Å². The smallest absolute Gasteiger partial charge is 0.0426 e. The average molecular weight is 260 g/mol. The van der Waals surface area contributed by atoms with Crippen molar-refractivity contribution < 1.29 is 0 Å². The molecule has 2 rings (SSSR count). The van der Waals surface area contributed by atoms with E-state index in [1.807, 2.05) is 0 Å². The van der Waals surface area contributed by atoms with Gasteiger partial charge in [0, 0.05) is 18.6 Å². The molecule has 2 nitrogen and oxygen atoms in total. The molecule has 0 aliphatic heterocycles. The minimum absolute atomic E-state index is 0.130. The monoisotopic (exact) mass is 260 g/mol. The van der Waals surface area contributed by atoms with Crippen molar-refractivity contribution in [3.8, 4) is 0 Å². The van der Waals surface area contributed by atoms with Gasteiger partial charge < -0.3 is 10.6 Å². The van der Waals surface area contributed by atoms with Crippen LogP contribution in [0.25, 0.3) is 0 Å². The molecule has 0 amide bonds. The molecule has 106 valence electrons. The fourth-order valence-electron chi connectivity index (χ4n) is 3.24. The van der Waals surface area contributed by atoms with E-state index in [0.29, 0.717) is 0 Å². The van der Waals surface area contributed by atoms with Gasteiger partial charge in [0.2, 0.25) is 0 Å². The Labute approximate surface area is 118 Å². The third kappa shape index (κ3) is 3.80. The van der Waals surface area contributed by atoms with Crippen LogP contribution in [0.1, 0.15) is 49.8 Å². The number of nitrogens with zero attached hydrogens (tertiary/aromatic N) is 1. The van der Waals surface area contributed by atoms with Crippen LogP contribution in [-0.2, 0) is 0 Å². The molecule has 1 aliphatic rings. The van der Waals surface area contributed by atoms with Crippen LogP contribution in [0.2, 0.25) is 0 Å². The van der Waals surface area contributed by atoms with Gasteiger partial charge in [-0.3, -0.25) is 0 Å². The second-order valence-corrected chi connectivity index (χ2v) is 6.32. The molecule has 1 fully saturated rings. The lowest BCUT2D eigenvalue weighted by molar-refractivity contribution is 0.162. The molecule has 1 aliphatic carbocycles. The van der Waals surface area contributed by atoms with E-state index in [-0.39, 0.29) is 6.04 Å². The van der Waals surface area contributed by atoms with Crippen LogP contribution in [0, 0.1) is 12.8 Å². The lowest BCUT2D eigenvalue weighted by Crippen LogP contribution is -2.39. The summed E-state index contributed by atoms with van der Waals surface area (Å²) >= 11 is 0. The lowest BCUT2D eigenvalue weighted by atomic mass is 9.86. The van der Waals surface area contributed by atoms with E-state index in [1.54, 1.807) is 0 Å². The zero-order valence-corrected chi connectivity index (χ0v) is 12.6. The first-order valence-electron chi connectivity index (χ1n) is 7.59. The van der Waals surface area contributed by atoms with Gasteiger partial charge in [-0.15, -0.1) is 0 Å². The molecular weight excluding hydrogens is 232 g/mol. The first-order valence-corrected chi connectivity index (χ1v) is 7.59. The van der Waals surface area contributed by atoms with E-state index < -0.39 is 0 Å². The molecule has 1 aromatic carbocycles. The molecule has 0 radical (unpaired) electrons. The molecule has 19 heavy (non-hydrogen) atoms. The lowest BCUT2D eigenvalue weighted by Gasteiger charge is -2.35. The van der Waals surface area contributed by atoms with Crippen LogP contribution in [0.5, 0.6) is 0 Å². The number of hydrogen-bond acceptors (Lipinski definition) is 2. The quantitative estimate of drug-likeness (QED) is 0.897. The molecule has 1 saturated carbocycles. The Hall–Kier alpha value is -0.860. The SMILES string of the molecule is Cc1ccccc1C(N)CN(C)C1CCC(C)CC1. The van der Waals surface area contributed by atoms with Crippen LogP contribution >= 0.6 is 0 Å². The van der Waals surface area contributed by atoms with E-state index in [2.05, 4.69) is 50.1 Å². The van der Waals surface area contributed by atoms with Crippen molar-refractivity contribution in [3.63, 3.8) is 0 Å². The summed E-state index contributed by atoms with van der Waals surface area (Å²) in [5.74, 6) is 0.912. The fraction of sp³-hybridized carbons (Fsp3) is 0.647. The topological polar surface area (TPSA) is 29.3 Å². The molecule has 1 atom stereocenters. The third-order valence-electron chi connectivity index (χ3n) is 4.68. The summed E-state index contributed by atoms with van der Waals surface area (Å²) in [7, 11) is 2.23. The summed E-state index contributed by atoms with van der Waals surface area (Å²) in [5.41, 5.74) is 8.99. The van der Waals surface area contributed by atoms with E-state index in [4.69, 9.17) is 5.73 Å². The fourth-order valence-corrected chi connectivity index (χ4v) is 3.24. The number of hydrogen-bond donors (Lipinski definition) is 1. The number of nitrogens with two attached hydrogens (primary N) is 1. The van der Waals surface area contributed by atoms with Gasteiger partial charge in [0.15, 0.2) is 0 Å². The molecule has 0 spiro atoms. The molecule has 0 aromatic heterocycles. The van der Waals surface area contributed by atoms with Gasteiger partial charge in [-0.1, -0.05) is 31.2 Å².